The molecule has 1 amide bonds. The van der Waals surface area contributed by atoms with Crippen LogP contribution in [0.15, 0.2) is 0 Å². The van der Waals surface area contributed by atoms with Gasteiger partial charge in [0.05, 0.1) is 0 Å². The smallest absolute Gasteiger partial charge is 0.268 e. The first kappa shape index (κ1) is 19.7. The number of amides is 1. The van der Waals surface area contributed by atoms with Crippen LogP contribution in [0.2, 0.25) is 0 Å². The van der Waals surface area contributed by atoms with E-state index >= 15 is 0 Å². The number of halogens is 1. The molecule has 1 rings (SSSR count). The average molecular weight is 316 g/mol. The summed E-state index contributed by atoms with van der Waals surface area (Å²) in [5.74, 6) is -0.129. The maximum atomic E-state index is 12.2. The van der Waals surface area contributed by atoms with E-state index in [4.69, 9.17) is 0 Å². The lowest BCUT2D eigenvalue weighted by Gasteiger charge is -2.07. The Balaban J connectivity index is 0.00000400. The predicted octanol–water partition coefficient (Wildman–Crippen LogP) is 2.24. The molecule has 3 N–H and O–H groups in total. The molecule has 21 heavy (non-hydrogen) atoms. The van der Waals surface area contributed by atoms with Gasteiger partial charge in [-0.1, -0.05) is 20.3 Å². The quantitative estimate of drug-likeness (QED) is 0.509. The van der Waals surface area contributed by atoms with Crippen molar-refractivity contribution in [3.05, 3.63) is 22.5 Å². The van der Waals surface area contributed by atoms with Gasteiger partial charge in [-0.3, -0.25) is 9.59 Å². The molecule has 0 bridgehead atoms. The number of rotatable bonds is 8. The number of aromatic nitrogens is 1. The topological polar surface area (TPSA) is 74.0 Å². The van der Waals surface area contributed by atoms with E-state index in [2.05, 4.69) is 15.6 Å². The Morgan fingerprint density at radius 3 is 2.38 bits per heavy atom. The molecule has 1 heterocycles. The summed E-state index contributed by atoms with van der Waals surface area (Å²) in [5, 5.41) is 6.02. The first-order valence-corrected chi connectivity index (χ1v) is 7.24. The number of H-pyrrole nitrogens is 1. The minimum absolute atomic E-state index is 0. The molecule has 0 aliphatic rings. The van der Waals surface area contributed by atoms with Crippen LogP contribution in [0.3, 0.4) is 0 Å². The summed E-state index contributed by atoms with van der Waals surface area (Å²) in [5.41, 5.74) is 2.82. The third kappa shape index (κ3) is 5.17. The van der Waals surface area contributed by atoms with Crippen molar-refractivity contribution in [2.45, 2.75) is 40.5 Å². The van der Waals surface area contributed by atoms with Crippen LogP contribution in [0.25, 0.3) is 0 Å². The van der Waals surface area contributed by atoms with Crippen LogP contribution in [-0.2, 0) is 6.42 Å². The number of Topliss-reactive ketones (excluding diaryl/α,β-unsaturated/α-hetero) is 1. The van der Waals surface area contributed by atoms with E-state index in [0.29, 0.717) is 17.8 Å². The number of aromatic amines is 1. The van der Waals surface area contributed by atoms with Crippen LogP contribution in [-0.4, -0.2) is 36.3 Å². The highest BCUT2D eigenvalue weighted by Crippen LogP contribution is 2.21. The van der Waals surface area contributed by atoms with Gasteiger partial charge in [-0.05, 0) is 32.4 Å². The number of aryl methyl sites for hydroxylation is 1. The highest BCUT2D eigenvalue weighted by molar-refractivity contribution is 6.02. The molecule has 1 aromatic rings. The van der Waals surface area contributed by atoms with Crippen LogP contribution < -0.4 is 10.6 Å². The summed E-state index contributed by atoms with van der Waals surface area (Å²) in [7, 11) is 0. The molecule has 5 nitrogen and oxygen atoms in total. The van der Waals surface area contributed by atoms with Crippen molar-refractivity contribution in [2.24, 2.45) is 0 Å². The second-order valence-electron chi connectivity index (χ2n) is 4.89. The van der Waals surface area contributed by atoms with Crippen molar-refractivity contribution >= 4 is 24.1 Å². The number of carbonyl (C=O) groups excluding carboxylic acids is 2. The van der Waals surface area contributed by atoms with Crippen molar-refractivity contribution in [1.82, 2.24) is 15.6 Å². The Morgan fingerprint density at radius 2 is 1.86 bits per heavy atom. The maximum Gasteiger partial charge on any atom is 0.268 e. The Hall–Kier alpha value is -1.33. The van der Waals surface area contributed by atoms with E-state index in [1.807, 2.05) is 20.8 Å². The fraction of sp³-hybridized carbons (Fsp3) is 0.600. The highest BCUT2D eigenvalue weighted by Gasteiger charge is 2.21. The molecule has 0 aliphatic heterocycles. The molecular weight excluding hydrogens is 290 g/mol. The molecule has 0 unspecified atom stereocenters. The van der Waals surface area contributed by atoms with Gasteiger partial charge in [0.25, 0.3) is 5.91 Å². The van der Waals surface area contributed by atoms with Crippen molar-refractivity contribution in [3.8, 4) is 0 Å². The Kier molecular flexibility index (Phi) is 8.97. The van der Waals surface area contributed by atoms with E-state index in [9.17, 15) is 9.59 Å². The van der Waals surface area contributed by atoms with Gasteiger partial charge in [0.15, 0.2) is 5.78 Å². The van der Waals surface area contributed by atoms with E-state index in [1.165, 1.54) is 0 Å². The fourth-order valence-corrected chi connectivity index (χ4v) is 2.38. The number of carbonyl (C=O) groups is 2. The molecular formula is C15H26ClN3O2. The third-order valence-corrected chi connectivity index (χ3v) is 3.21. The van der Waals surface area contributed by atoms with Gasteiger partial charge in [0.2, 0.25) is 0 Å². The Morgan fingerprint density at radius 1 is 1.19 bits per heavy atom. The second kappa shape index (κ2) is 9.58. The first-order valence-electron chi connectivity index (χ1n) is 7.24. The summed E-state index contributed by atoms with van der Waals surface area (Å²) >= 11 is 0. The molecule has 6 heteroatoms. The lowest BCUT2D eigenvalue weighted by molar-refractivity contribution is 0.0948. The molecule has 0 aliphatic carbocycles. The van der Waals surface area contributed by atoms with Gasteiger partial charge in [-0.25, -0.2) is 0 Å². The number of hydrogen-bond acceptors (Lipinski definition) is 3. The number of hydrogen-bond donors (Lipinski definition) is 3. The van der Waals surface area contributed by atoms with Crippen LogP contribution in [0.4, 0.5) is 0 Å². The van der Waals surface area contributed by atoms with Crippen LogP contribution >= 0.6 is 12.4 Å². The normalized spacial score (nSPS) is 10.1. The van der Waals surface area contributed by atoms with Gasteiger partial charge >= 0.3 is 0 Å². The van der Waals surface area contributed by atoms with Gasteiger partial charge < -0.3 is 15.6 Å². The molecule has 0 fully saturated rings. The molecule has 1 aromatic heterocycles. The standard InChI is InChI=1S/C15H25N3O2.ClH/c1-5-7-12-13(11(4)19)10(3)18-14(12)15(20)17-9-8-16-6-2;/h16,18H,5-9H2,1-4H3,(H,17,20);1H. The van der Waals surface area contributed by atoms with E-state index < -0.39 is 0 Å². The molecule has 0 saturated heterocycles. The summed E-state index contributed by atoms with van der Waals surface area (Å²) < 4.78 is 0. The first-order chi connectivity index (χ1) is 9.52. The molecule has 0 aromatic carbocycles. The molecule has 0 radical (unpaired) electrons. The fourth-order valence-electron chi connectivity index (χ4n) is 2.38. The third-order valence-electron chi connectivity index (χ3n) is 3.21. The minimum Gasteiger partial charge on any atom is -0.354 e. The van der Waals surface area contributed by atoms with Gasteiger partial charge in [-0.15, -0.1) is 12.4 Å². The van der Waals surface area contributed by atoms with Gasteiger partial charge in [-0.2, -0.15) is 0 Å². The van der Waals surface area contributed by atoms with Crippen molar-refractivity contribution in [3.63, 3.8) is 0 Å². The monoisotopic (exact) mass is 315 g/mol. The summed E-state index contributed by atoms with van der Waals surface area (Å²) in [4.78, 5) is 27.0. The van der Waals surface area contributed by atoms with Gasteiger partial charge in [0, 0.05) is 24.3 Å². The molecule has 0 atom stereocenters. The molecule has 120 valence electrons. The zero-order valence-electron chi connectivity index (χ0n) is 13.3. The highest BCUT2D eigenvalue weighted by atomic mass is 35.5. The zero-order chi connectivity index (χ0) is 15.1. The number of nitrogens with one attached hydrogen (secondary N) is 3. The SMILES string of the molecule is CCCc1c(C(=O)NCCNCC)[nH]c(C)c1C(C)=O.Cl. The summed E-state index contributed by atoms with van der Waals surface area (Å²) in [6, 6.07) is 0. The predicted molar refractivity (Wildman–Crippen MR) is 87.7 cm³/mol. The summed E-state index contributed by atoms with van der Waals surface area (Å²) in [6.45, 7) is 9.64. The van der Waals surface area contributed by atoms with E-state index in [-0.39, 0.29) is 24.1 Å². The number of ketones is 1. The summed E-state index contributed by atoms with van der Waals surface area (Å²) in [6.07, 6.45) is 1.63. The minimum atomic E-state index is -0.137. The van der Waals surface area contributed by atoms with E-state index in [1.54, 1.807) is 6.92 Å². The lowest BCUT2D eigenvalue weighted by atomic mass is 10.0. The average Bonchev–Trinajstić information content (AvgIpc) is 2.72. The van der Waals surface area contributed by atoms with Gasteiger partial charge in [0.1, 0.15) is 5.69 Å². The largest absolute Gasteiger partial charge is 0.354 e. The maximum absolute atomic E-state index is 12.2. The van der Waals surface area contributed by atoms with Crippen LogP contribution in [0.1, 0.15) is 59.3 Å². The molecule has 0 saturated carbocycles. The van der Waals surface area contributed by atoms with Crippen LogP contribution in [0, 0.1) is 6.92 Å². The lowest BCUT2D eigenvalue weighted by Crippen LogP contribution is -2.32. The van der Waals surface area contributed by atoms with E-state index in [0.717, 1.165) is 37.2 Å². The Bertz CT molecular complexity index is 484. The molecule has 0 spiro atoms. The van der Waals surface area contributed by atoms with Crippen molar-refractivity contribution in [1.29, 1.82) is 0 Å². The Labute approximate surface area is 132 Å². The van der Waals surface area contributed by atoms with Crippen molar-refractivity contribution < 1.29 is 9.59 Å². The van der Waals surface area contributed by atoms with Crippen LogP contribution in [0.5, 0.6) is 0 Å². The number of likely N-dealkylation sites (N-methyl/N-ethyl adjacent to an activating group) is 1. The van der Waals surface area contributed by atoms with Crippen molar-refractivity contribution in [2.75, 3.05) is 19.6 Å². The second-order valence-corrected chi connectivity index (χ2v) is 4.89. The zero-order valence-corrected chi connectivity index (χ0v) is 14.1.